The third kappa shape index (κ3) is 3.33. The van der Waals surface area contributed by atoms with Crippen LogP contribution in [0.25, 0.3) is 0 Å². The zero-order valence-electron chi connectivity index (χ0n) is 14.0. The Morgan fingerprint density at radius 1 is 1.24 bits per heavy atom. The van der Waals surface area contributed by atoms with E-state index in [0.717, 1.165) is 36.9 Å². The quantitative estimate of drug-likeness (QED) is 0.797. The summed E-state index contributed by atoms with van der Waals surface area (Å²) in [7, 11) is 0. The van der Waals surface area contributed by atoms with Crippen molar-refractivity contribution < 1.29 is 4.79 Å². The average molecular weight is 335 g/mol. The van der Waals surface area contributed by atoms with E-state index >= 15 is 0 Å². The molecule has 1 aromatic carbocycles. The second kappa shape index (κ2) is 6.93. The predicted octanol–water partition coefficient (Wildman–Crippen LogP) is 2.67. The average Bonchev–Trinajstić information content (AvgIpc) is 3.34. The van der Waals surface area contributed by atoms with Crippen molar-refractivity contribution in [2.24, 2.45) is 0 Å². The fourth-order valence-electron chi connectivity index (χ4n) is 3.49. The number of aromatic nitrogens is 4. The van der Waals surface area contributed by atoms with Gasteiger partial charge in [0.2, 0.25) is 0 Å². The molecule has 4 rings (SSSR count). The molecule has 0 aliphatic carbocycles. The number of likely N-dealkylation sites (tertiary alicyclic amines) is 1. The van der Waals surface area contributed by atoms with Crippen molar-refractivity contribution in [1.82, 2.24) is 24.6 Å². The lowest BCUT2D eigenvalue weighted by molar-refractivity contribution is 0.0672. The fraction of sp³-hybridized carbons (Fsp3) is 0.316. The Morgan fingerprint density at radius 2 is 2.12 bits per heavy atom. The van der Waals surface area contributed by atoms with Gasteiger partial charge in [-0.1, -0.05) is 30.3 Å². The molecule has 1 amide bonds. The smallest absolute Gasteiger partial charge is 0.255 e. The van der Waals surface area contributed by atoms with Gasteiger partial charge in [-0.25, -0.2) is 9.67 Å². The molecule has 1 atom stereocenters. The molecule has 3 heterocycles. The topological polar surface area (TPSA) is 66.8 Å². The summed E-state index contributed by atoms with van der Waals surface area (Å²) < 4.78 is 1.86. The lowest BCUT2D eigenvalue weighted by Crippen LogP contribution is -2.41. The van der Waals surface area contributed by atoms with Crippen molar-refractivity contribution in [2.45, 2.75) is 25.3 Å². The van der Waals surface area contributed by atoms with E-state index in [2.05, 4.69) is 27.2 Å². The Kier molecular flexibility index (Phi) is 4.33. The van der Waals surface area contributed by atoms with Crippen molar-refractivity contribution in [3.8, 4) is 0 Å². The summed E-state index contributed by atoms with van der Waals surface area (Å²) >= 11 is 0. The number of amides is 1. The van der Waals surface area contributed by atoms with Crippen LogP contribution >= 0.6 is 0 Å². The van der Waals surface area contributed by atoms with Crippen LogP contribution in [-0.2, 0) is 6.42 Å². The summed E-state index contributed by atoms with van der Waals surface area (Å²) in [6.45, 7) is 1.47. The molecule has 25 heavy (non-hydrogen) atoms. The number of nitrogens with zero attached hydrogens (tertiary/aromatic N) is 4. The monoisotopic (exact) mass is 335 g/mol. The van der Waals surface area contributed by atoms with Gasteiger partial charge in [0.05, 0.1) is 11.6 Å². The van der Waals surface area contributed by atoms with E-state index in [1.54, 1.807) is 12.7 Å². The molecule has 128 valence electrons. The minimum atomic E-state index is 0.0944. The molecule has 1 unspecified atom stereocenters. The van der Waals surface area contributed by atoms with Crippen LogP contribution in [0.2, 0.25) is 0 Å². The van der Waals surface area contributed by atoms with Gasteiger partial charge in [-0.15, -0.1) is 0 Å². The van der Waals surface area contributed by atoms with E-state index in [1.807, 2.05) is 40.2 Å². The second-order valence-electron chi connectivity index (χ2n) is 6.48. The number of carbonyl (C=O) groups excluding carboxylic acids is 1. The summed E-state index contributed by atoms with van der Waals surface area (Å²) in [6, 6.07) is 10.4. The van der Waals surface area contributed by atoms with Gasteiger partial charge in [0, 0.05) is 25.5 Å². The normalized spacial score (nSPS) is 17.6. The lowest BCUT2D eigenvalue weighted by Gasteiger charge is -2.32. The molecule has 6 nitrogen and oxygen atoms in total. The summed E-state index contributed by atoms with van der Waals surface area (Å²) in [5, 5.41) is 4.23. The summed E-state index contributed by atoms with van der Waals surface area (Å²) in [6.07, 6.45) is 9.79. The molecule has 6 heteroatoms. The molecule has 1 aliphatic rings. The Bertz CT molecular complexity index is 825. The minimum absolute atomic E-state index is 0.0944. The van der Waals surface area contributed by atoms with E-state index in [1.165, 1.54) is 5.56 Å². The SMILES string of the molecule is O=C(c1c[nH]cc1Cc1ccccc1)N1CCCC(n2cncn2)C1. The van der Waals surface area contributed by atoms with E-state index in [9.17, 15) is 4.79 Å². The summed E-state index contributed by atoms with van der Waals surface area (Å²) in [5.41, 5.74) is 3.01. The van der Waals surface area contributed by atoms with Crippen LogP contribution < -0.4 is 0 Å². The number of benzene rings is 1. The molecule has 0 spiro atoms. The van der Waals surface area contributed by atoms with Gasteiger partial charge in [0.15, 0.2) is 0 Å². The van der Waals surface area contributed by atoms with Crippen LogP contribution in [0.1, 0.15) is 40.4 Å². The number of H-pyrrole nitrogens is 1. The molecule has 0 saturated carbocycles. The first kappa shape index (κ1) is 15.6. The number of aromatic amines is 1. The molecule has 0 bridgehead atoms. The third-order valence-corrected chi connectivity index (χ3v) is 4.79. The number of hydrogen-bond acceptors (Lipinski definition) is 3. The van der Waals surface area contributed by atoms with Crippen molar-refractivity contribution in [3.63, 3.8) is 0 Å². The van der Waals surface area contributed by atoms with Crippen molar-refractivity contribution in [1.29, 1.82) is 0 Å². The largest absolute Gasteiger partial charge is 0.367 e. The Balaban J connectivity index is 1.50. The standard InChI is InChI=1S/C19H21N5O/c25-19(23-8-4-7-17(12-23)24-14-21-13-22-24)18-11-20-10-16(18)9-15-5-2-1-3-6-15/h1-3,5-6,10-11,13-14,17,20H,4,7-9,12H2. The minimum Gasteiger partial charge on any atom is -0.367 e. The zero-order valence-corrected chi connectivity index (χ0v) is 14.0. The maximum Gasteiger partial charge on any atom is 0.255 e. The molecule has 0 radical (unpaired) electrons. The van der Waals surface area contributed by atoms with Crippen molar-refractivity contribution in [3.05, 3.63) is 72.1 Å². The molecule has 1 N–H and O–H groups in total. The number of piperidine rings is 1. The van der Waals surface area contributed by atoms with Crippen LogP contribution in [0.5, 0.6) is 0 Å². The van der Waals surface area contributed by atoms with Gasteiger partial charge in [-0.3, -0.25) is 4.79 Å². The molecular weight excluding hydrogens is 314 g/mol. The van der Waals surface area contributed by atoms with Gasteiger partial charge in [-0.05, 0) is 30.4 Å². The first-order chi connectivity index (χ1) is 12.3. The van der Waals surface area contributed by atoms with Crippen molar-refractivity contribution in [2.75, 3.05) is 13.1 Å². The zero-order chi connectivity index (χ0) is 17.1. The highest BCUT2D eigenvalue weighted by Crippen LogP contribution is 2.23. The van der Waals surface area contributed by atoms with Gasteiger partial charge in [0.25, 0.3) is 5.91 Å². The predicted molar refractivity (Wildman–Crippen MR) is 94.2 cm³/mol. The lowest BCUT2D eigenvalue weighted by atomic mass is 10.0. The third-order valence-electron chi connectivity index (χ3n) is 4.79. The van der Waals surface area contributed by atoms with Crippen LogP contribution in [0, 0.1) is 0 Å². The van der Waals surface area contributed by atoms with Crippen LogP contribution in [0.3, 0.4) is 0 Å². The highest BCUT2D eigenvalue weighted by Gasteiger charge is 2.27. The van der Waals surface area contributed by atoms with Crippen LogP contribution in [-0.4, -0.2) is 43.6 Å². The highest BCUT2D eigenvalue weighted by molar-refractivity contribution is 5.95. The Morgan fingerprint density at radius 3 is 2.92 bits per heavy atom. The fourth-order valence-corrected chi connectivity index (χ4v) is 3.49. The first-order valence-electron chi connectivity index (χ1n) is 8.64. The van der Waals surface area contributed by atoms with E-state index in [4.69, 9.17) is 0 Å². The molecule has 1 aliphatic heterocycles. The number of carbonyl (C=O) groups is 1. The Hall–Kier alpha value is -2.89. The molecule has 2 aromatic heterocycles. The van der Waals surface area contributed by atoms with E-state index in [-0.39, 0.29) is 11.9 Å². The second-order valence-corrected chi connectivity index (χ2v) is 6.48. The molecule has 3 aromatic rings. The maximum absolute atomic E-state index is 13.0. The highest BCUT2D eigenvalue weighted by atomic mass is 16.2. The maximum atomic E-state index is 13.0. The molecule has 1 fully saturated rings. The molecule has 1 saturated heterocycles. The summed E-state index contributed by atoms with van der Waals surface area (Å²) in [4.78, 5) is 22.1. The van der Waals surface area contributed by atoms with Gasteiger partial charge >= 0.3 is 0 Å². The van der Waals surface area contributed by atoms with Gasteiger partial charge < -0.3 is 9.88 Å². The van der Waals surface area contributed by atoms with Gasteiger partial charge in [0.1, 0.15) is 12.7 Å². The number of nitrogens with one attached hydrogen (secondary N) is 1. The molecular formula is C19H21N5O. The van der Waals surface area contributed by atoms with Crippen molar-refractivity contribution >= 4 is 5.91 Å². The van der Waals surface area contributed by atoms with E-state index < -0.39 is 0 Å². The first-order valence-corrected chi connectivity index (χ1v) is 8.64. The van der Waals surface area contributed by atoms with Crippen LogP contribution in [0.15, 0.2) is 55.4 Å². The van der Waals surface area contributed by atoms with Gasteiger partial charge in [-0.2, -0.15) is 5.10 Å². The van der Waals surface area contributed by atoms with Crippen LogP contribution in [0.4, 0.5) is 0 Å². The van der Waals surface area contributed by atoms with E-state index in [0.29, 0.717) is 6.54 Å². The summed E-state index contributed by atoms with van der Waals surface area (Å²) in [5.74, 6) is 0.0944. The number of hydrogen-bond donors (Lipinski definition) is 1. The number of rotatable bonds is 4. The Labute approximate surface area is 146 Å².